The molecule has 1 aromatic rings. The summed E-state index contributed by atoms with van der Waals surface area (Å²) in [6, 6.07) is 5.89. The molecule has 0 aliphatic heterocycles. The van der Waals surface area contributed by atoms with Crippen LogP contribution in [0.4, 0.5) is 10.1 Å². The number of anilines is 1. The molecule has 1 aromatic carbocycles. The van der Waals surface area contributed by atoms with Crippen LogP contribution in [0.1, 0.15) is 38.5 Å². The minimum atomic E-state index is -0.538. The Balaban J connectivity index is 1.38. The van der Waals surface area contributed by atoms with Gasteiger partial charge in [0.25, 0.3) is 5.91 Å². The number of ether oxygens (including phenoxy) is 1. The molecule has 1 amide bonds. The van der Waals surface area contributed by atoms with E-state index >= 15 is 0 Å². The van der Waals surface area contributed by atoms with Gasteiger partial charge in [0.15, 0.2) is 6.61 Å². The van der Waals surface area contributed by atoms with Gasteiger partial charge in [0.2, 0.25) is 0 Å². The molecule has 1 N–H and O–H groups in total. The van der Waals surface area contributed by atoms with Gasteiger partial charge in [-0.15, -0.1) is 11.6 Å². The zero-order chi connectivity index (χ0) is 17.7. The number of para-hydroxylation sites is 1. The second kappa shape index (κ2) is 5.97. The summed E-state index contributed by atoms with van der Waals surface area (Å²) in [5, 5.41) is 2.43. The molecule has 6 heteroatoms. The molecular weight excluding hydrogens is 345 g/mol. The number of amides is 1. The number of alkyl halides is 1. The van der Waals surface area contributed by atoms with E-state index in [0.717, 1.165) is 32.1 Å². The molecule has 5 rings (SSSR count). The van der Waals surface area contributed by atoms with Crippen LogP contribution in [-0.2, 0) is 14.3 Å². The molecule has 2 unspecified atom stereocenters. The van der Waals surface area contributed by atoms with Gasteiger partial charge in [-0.1, -0.05) is 12.1 Å². The number of carbonyl (C=O) groups excluding carboxylic acids is 2. The van der Waals surface area contributed by atoms with Crippen molar-refractivity contribution in [2.45, 2.75) is 43.4 Å². The van der Waals surface area contributed by atoms with Gasteiger partial charge in [-0.05, 0) is 62.5 Å². The number of esters is 1. The number of rotatable bonds is 4. The molecule has 4 atom stereocenters. The van der Waals surface area contributed by atoms with E-state index in [2.05, 4.69) is 5.32 Å². The first-order valence-corrected chi connectivity index (χ1v) is 9.16. The minimum Gasteiger partial charge on any atom is -0.455 e. The SMILES string of the molecule is O=C(COC(=O)C12C[C@@H]3C[C@@H](CC(Cl)(C3)C1)C2)Nc1ccccc1F. The Kier molecular flexibility index (Phi) is 4.02. The number of hydrogen-bond donors (Lipinski definition) is 1. The molecule has 0 radical (unpaired) electrons. The number of halogens is 2. The van der Waals surface area contributed by atoms with Crippen LogP contribution in [0.25, 0.3) is 0 Å². The topological polar surface area (TPSA) is 55.4 Å². The van der Waals surface area contributed by atoms with E-state index in [9.17, 15) is 14.0 Å². The first kappa shape index (κ1) is 16.8. The van der Waals surface area contributed by atoms with E-state index < -0.39 is 23.7 Å². The summed E-state index contributed by atoms with van der Waals surface area (Å²) >= 11 is 6.72. The first-order chi connectivity index (χ1) is 11.9. The molecule has 4 saturated carbocycles. The maximum absolute atomic E-state index is 13.6. The highest BCUT2D eigenvalue weighted by Gasteiger charge is 2.60. The number of benzene rings is 1. The van der Waals surface area contributed by atoms with E-state index in [1.54, 1.807) is 12.1 Å². The predicted octanol–water partition coefficient (Wildman–Crippen LogP) is 3.89. The molecule has 4 aliphatic rings. The summed E-state index contributed by atoms with van der Waals surface area (Å²) < 4.78 is 18.9. The summed E-state index contributed by atoms with van der Waals surface area (Å²) in [5.74, 6) is -0.413. The van der Waals surface area contributed by atoms with Crippen molar-refractivity contribution in [1.29, 1.82) is 0 Å². The van der Waals surface area contributed by atoms with Crippen molar-refractivity contribution in [2.24, 2.45) is 17.3 Å². The summed E-state index contributed by atoms with van der Waals surface area (Å²) in [6.07, 6.45) is 5.37. The van der Waals surface area contributed by atoms with Gasteiger partial charge in [-0.2, -0.15) is 0 Å². The molecular formula is C19H21ClFNO3. The highest BCUT2D eigenvalue weighted by molar-refractivity contribution is 6.24. The molecule has 4 bridgehead atoms. The van der Waals surface area contributed by atoms with Crippen LogP contribution >= 0.6 is 11.6 Å². The fourth-order valence-corrected chi connectivity index (χ4v) is 6.11. The van der Waals surface area contributed by atoms with Crippen molar-refractivity contribution in [3.63, 3.8) is 0 Å². The van der Waals surface area contributed by atoms with Crippen molar-refractivity contribution in [3.05, 3.63) is 30.1 Å². The number of hydrogen-bond acceptors (Lipinski definition) is 3. The van der Waals surface area contributed by atoms with E-state index in [-0.39, 0.29) is 16.5 Å². The van der Waals surface area contributed by atoms with E-state index in [0.29, 0.717) is 18.3 Å². The molecule has 4 fully saturated rings. The van der Waals surface area contributed by atoms with E-state index in [1.807, 2.05) is 0 Å². The second-order valence-corrected chi connectivity index (χ2v) is 8.80. The highest BCUT2D eigenvalue weighted by Crippen LogP contribution is 2.64. The smallest absolute Gasteiger partial charge is 0.312 e. The van der Waals surface area contributed by atoms with Crippen molar-refractivity contribution in [2.75, 3.05) is 11.9 Å². The third-order valence-corrected chi connectivity index (χ3v) is 6.35. The van der Waals surface area contributed by atoms with Gasteiger partial charge in [0.1, 0.15) is 5.82 Å². The highest BCUT2D eigenvalue weighted by atomic mass is 35.5. The maximum atomic E-state index is 13.6. The molecule has 4 nitrogen and oxygen atoms in total. The van der Waals surface area contributed by atoms with Crippen LogP contribution in [0.5, 0.6) is 0 Å². The third-order valence-electron chi connectivity index (χ3n) is 5.91. The van der Waals surface area contributed by atoms with Crippen LogP contribution in [0.2, 0.25) is 0 Å². The Morgan fingerprint density at radius 1 is 1.20 bits per heavy atom. The lowest BCUT2D eigenvalue weighted by molar-refractivity contribution is -0.171. The van der Waals surface area contributed by atoms with E-state index in [4.69, 9.17) is 16.3 Å². The van der Waals surface area contributed by atoms with Gasteiger partial charge >= 0.3 is 5.97 Å². The molecule has 0 heterocycles. The Hall–Kier alpha value is -1.62. The van der Waals surface area contributed by atoms with Crippen LogP contribution in [0.15, 0.2) is 24.3 Å². The fraction of sp³-hybridized carbons (Fsp3) is 0.579. The average molecular weight is 366 g/mol. The third kappa shape index (κ3) is 3.14. The lowest BCUT2D eigenvalue weighted by atomic mass is 9.49. The fourth-order valence-electron chi connectivity index (χ4n) is 5.42. The zero-order valence-electron chi connectivity index (χ0n) is 13.9. The first-order valence-electron chi connectivity index (χ1n) is 8.78. The monoisotopic (exact) mass is 365 g/mol. The summed E-state index contributed by atoms with van der Waals surface area (Å²) in [5.41, 5.74) is -0.456. The Morgan fingerprint density at radius 3 is 2.52 bits per heavy atom. The minimum absolute atomic E-state index is 0.0815. The van der Waals surface area contributed by atoms with Gasteiger partial charge in [-0.3, -0.25) is 9.59 Å². The van der Waals surface area contributed by atoms with Gasteiger partial charge in [0, 0.05) is 4.87 Å². The van der Waals surface area contributed by atoms with Crippen molar-refractivity contribution < 1.29 is 18.7 Å². The molecule has 4 aliphatic carbocycles. The lowest BCUT2D eigenvalue weighted by Crippen LogP contribution is -2.56. The summed E-state index contributed by atoms with van der Waals surface area (Å²) in [6.45, 7) is -0.403. The lowest BCUT2D eigenvalue weighted by Gasteiger charge is -2.58. The van der Waals surface area contributed by atoms with Gasteiger partial charge in [-0.25, -0.2) is 4.39 Å². The largest absolute Gasteiger partial charge is 0.455 e. The Labute approximate surface area is 151 Å². The molecule has 0 aromatic heterocycles. The summed E-state index contributed by atoms with van der Waals surface area (Å²) in [4.78, 5) is 24.4. The van der Waals surface area contributed by atoms with Gasteiger partial charge in [0.05, 0.1) is 11.1 Å². The molecule has 25 heavy (non-hydrogen) atoms. The zero-order valence-corrected chi connectivity index (χ0v) is 14.7. The standard InChI is InChI=1S/C19H21ClFNO3/c20-19-8-12-5-13(9-19)7-18(6-12,11-19)17(24)25-10-16(23)22-15-4-2-1-3-14(15)21/h1-4,12-13H,5-11H2,(H,22,23)/t12-,13+,18?,19?. The summed E-state index contributed by atoms with van der Waals surface area (Å²) in [7, 11) is 0. The number of carbonyl (C=O) groups is 2. The molecule has 0 saturated heterocycles. The Morgan fingerprint density at radius 2 is 1.88 bits per heavy atom. The van der Waals surface area contributed by atoms with Gasteiger partial charge < -0.3 is 10.1 Å². The van der Waals surface area contributed by atoms with Crippen LogP contribution in [0, 0.1) is 23.1 Å². The van der Waals surface area contributed by atoms with Crippen LogP contribution in [-0.4, -0.2) is 23.4 Å². The normalized spacial score (nSPS) is 35.4. The molecule has 0 spiro atoms. The average Bonchev–Trinajstić information content (AvgIpc) is 2.52. The van der Waals surface area contributed by atoms with Crippen molar-refractivity contribution in [1.82, 2.24) is 0 Å². The van der Waals surface area contributed by atoms with Crippen LogP contribution in [0.3, 0.4) is 0 Å². The van der Waals surface area contributed by atoms with Crippen molar-refractivity contribution in [3.8, 4) is 0 Å². The second-order valence-electron chi connectivity index (χ2n) is 8.00. The molecule has 134 valence electrons. The van der Waals surface area contributed by atoms with Crippen LogP contribution < -0.4 is 5.32 Å². The van der Waals surface area contributed by atoms with E-state index in [1.165, 1.54) is 12.1 Å². The quantitative estimate of drug-likeness (QED) is 0.650. The van der Waals surface area contributed by atoms with Crippen molar-refractivity contribution >= 4 is 29.2 Å². The Bertz CT molecular complexity index is 708. The predicted molar refractivity (Wildman–Crippen MR) is 91.7 cm³/mol. The number of nitrogens with one attached hydrogen (secondary N) is 1. The maximum Gasteiger partial charge on any atom is 0.312 e.